The van der Waals surface area contributed by atoms with Crippen LogP contribution in [0.15, 0.2) is 83.3 Å². The van der Waals surface area contributed by atoms with Gasteiger partial charge in [0, 0.05) is 49.7 Å². The number of rotatable bonds is 9. The van der Waals surface area contributed by atoms with E-state index in [4.69, 9.17) is 4.74 Å². The number of hydrogen-bond donors (Lipinski definition) is 3. The van der Waals surface area contributed by atoms with Crippen molar-refractivity contribution in [3.8, 4) is 16.9 Å². The fourth-order valence-electron chi connectivity index (χ4n) is 7.25. The fourth-order valence-corrected chi connectivity index (χ4v) is 7.25. The minimum atomic E-state index is -4.59. The molecule has 0 spiro atoms. The SMILES string of the molecule is C=CC(=O)Nc1cc(Nc2nc(-c3cccc(-n4cnc5cc(C(C)(C)C)cc(F)c5c4=O)c3CO)cn(C)c2=O)ccc1N1CCN(C2COC2)CC1C(F)(F)F. The van der Waals surface area contributed by atoms with E-state index in [1.807, 2.05) is 20.8 Å². The van der Waals surface area contributed by atoms with E-state index in [1.54, 1.807) is 29.2 Å². The maximum atomic E-state index is 15.5. The monoisotopic (exact) mass is 802 g/mol. The molecule has 1 unspecified atom stereocenters. The number of ether oxygens (including phenoxy) is 1. The predicted molar refractivity (Wildman–Crippen MR) is 212 cm³/mol. The normalized spacial score (nSPS) is 16.6. The first-order valence-corrected chi connectivity index (χ1v) is 18.5. The number of halogens is 4. The fraction of sp³-hybridized carbons (Fsp3) is 0.341. The van der Waals surface area contributed by atoms with E-state index < -0.39 is 47.1 Å². The van der Waals surface area contributed by atoms with Crippen LogP contribution in [0, 0.1) is 5.82 Å². The average Bonchev–Trinajstić information content (AvgIpc) is 3.15. The molecular formula is C41H42F4N8O5. The lowest BCUT2D eigenvalue weighted by atomic mass is 9.86. The predicted octanol–water partition coefficient (Wildman–Crippen LogP) is 5.40. The third-order valence-corrected chi connectivity index (χ3v) is 10.5. The van der Waals surface area contributed by atoms with Gasteiger partial charge >= 0.3 is 6.18 Å². The minimum Gasteiger partial charge on any atom is -0.392 e. The van der Waals surface area contributed by atoms with E-state index in [0.29, 0.717) is 30.9 Å². The Balaban J connectivity index is 1.25. The molecule has 0 radical (unpaired) electrons. The number of carbonyl (C=O) groups is 1. The highest BCUT2D eigenvalue weighted by atomic mass is 19.4. The van der Waals surface area contributed by atoms with Gasteiger partial charge in [0.05, 0.1) is 54.1 Å². The van der Waals surface area contributed by atoms with Gasteiger partial charge in [0.25, 0.3) is 11.1 Å². The number of aliphatic hydroxyl groups is 1. The molecule has 3 N–H and O–H groups in total. The van der Waals surface area contributed by atoms with Crippen LogP contribution in [-0.4, -0.2) is 86.1 Å². The zero-order valence-corrected chi connectivity index (χ0v) is 32.2. The summed E-state index contributed by atoms with van der Waals surface area (Å²) < 4.78 is 66.7. The van der Waals surface area contributed by atoms with Gasteiger partial charge < -0.3 is 29.9 Å². The summed E-state index contributed by atoms with van der Waals surface area (Å²) in [5.41, 5.74) is 0.590. The summed E-state index contributed by atoms with van der Waals surface area (Å²) in [4.78, 5) is 51.7. The Morgan fingerprint density at radius 2 is 1.81 bits per heavy atom. The third-order valence-electron chi connectivity index (χ3n) is 10.5. The number of aryl methyl sites for hydroxylation is 1. The first-order valence-electron chi connectivity index (χ1n) is 18.5. The number of nitrogens with one attached hydrogen (secondary N) is 2. The molecule has 2 aromatic heterocycles. The van der Waals surface area contributed by atoms with Crippen LogP contribution in [0.3, 0.4) is 0 Å². The topological polar surface area (TPSA) is 147 Å². The van der Waals surface area contributed by atoms with Gasteiger partial charge in [0.15, 0.2) is 5.82 Å². The number of carbonyl (C=O) groups excluding carboxylic acids is 1. The number of piperazine rings is 1. The molecule has 0 aliphatic carbocycles. The van der Waals surface area contributed by atoms with Crippen LogP contribution in [-0.2, 0) is 28.6 Å². The number of aromatic nitrogens is 4. The van der Waals surface area contributed by atoms with E-state index in [0.717, 1.165) is 10.6 Å². The van der Waals surface area contributed by atoms with Crippen molar-refractivity contribution in [3.63, 3.8) is 0 Å². The Bertz CT molecular complexity index is 2540. The molecule has 0 bridgehead atoms. The molecule has 2 aliphatic rings. The standard InChI is InChI=1S/C41H42F4N8O5/c1-6-35(55)48-29-16-24(10-11-33(29)52-13-12-51(25-20-58-21-25)18-34(52)41(43,44)45)47-37-39(57)50(5)17-31(49-37)26-8-7-9-32(27(26)19-54)53-22-46-30-15-23(40(2,3)4)14-28(42)36(30)38(53)56/h6-11,14-17,22,25,34,54H,1,12-13,18-21H2,2-5H3,(H,47,49)(H,48,55). The quantitative estimate of drug-likeness (QED) is 0.131. The van der Waals surface area contributed by atoms with E-state index in [1.165, 1.54) is 53.3 Å². The number of anilines is 4. The second-order valence-corrected chi connectivity index (χ2v) is 15.4. The van der Waals surface area contributed by atoms with E-state index in [9.17, 15) is 32.7 Å². The minimum absolute atomic E-state index is 0.0231. The van der Waals surface area contributed by atoms with Gasteiger partial charge in [-0.05, 0) is 53.5 Å². The number of nitrogens with zero attached hydrogens (tertiary/aromatic N) is 6. The zero-order valence-electron chi connectivity index (χ0n) is 32.2. The molecule has 1 amide bonds. The lowest BCUT2D eigenvalue weighted by Crippen LogP contribution is -2.64. The van der Waals surface area contributed by atoms with Gasteiger partial charge in [0.2, 0.25) is 5.91 Å². The lowest BCUT2D eigenvalue weighted by Gasteiger charge is -2.48. The third kappa shape index (κ3) is 7.71. The first-order chi connectivity index (χ1) is 27.5. The highest BCUT2D eigenvalue weighted by Crippen LogP contribution is 2.38. The van der Waals surface area contributed by atoms with Gasteiger partial charge in [0.1, 0.15) is 23.6 Å². The van der Waals surface area contributed by atoms with Crippen molar-refractivity contribution in [3.05, 3.63) is 111 Å². The number of aliphatic hydroxyl groups excluding tert-OH is 1. The Morgan fingerprint density at radius 3 is 2.47 bits per heavy atom. The van der Waals surface area contributed by atoms with E-state index in [2.05, 4.69) is 27.2 Å². The highest BCUT2D eigenvalue weighted by Gasteiger charge is 2.48. The molecule has 3 aromatic carbocycles. The number of amides is 1. The van der Waals surface area contributed by atoms with Crippen LogP contribution >= 0.6 is 0 Å². The summed E-state index contributed by atoms with van der Waals surface area (Å²) in [7, 11) is 1.49. The molecular weight excluding hydrogens is 760 g/mol. The van der Waals surface area contributed by atoms with E-state index in [-0.39, 0.29) is 69.9 Å². The summed E-state index contributed by atoms with van der Waals surface area (Å²) >= 11 is 0. The maximum absolute atomic E-state index is 15.5. The van der Waals surface area contributed by atoms with Gasteiger partial charge in [-0.2, -0.15) is 13.2 Å². The Hall–Kier alpha value is -5.91. The molecule has 2 fully saturated rings. The molecule has 2 aliphatic heterocycles. The molecule has 58 heavy (non-hydrogen) atoms. The largest absolute Gasteiger partial charge is 0.409 e. The summed E-state index contributed by atoms with van der Waals surface area (Å²) in [6, 6.07) is 10.2. The highest BCUT2D eigenvalue weighted by molar-refractivity contribution is 6.02. The molecule has 2 saturated heterocycles. The zero-order chi connectivity index (χ0) is 41.7. The lowest BCUT2D eigenvalue weighted by molar-refractivity contribution is -0.165. The number of benzene rings is 3. The van der Waals surface area contributed by atoms with Crippen LogP contribution in [0.25, 0.3) is 27.8 Å². The van der Waals surface area contributed by atoms with Crippen LogP contribution in [0.5, 0.6) is 0 Å². The van der Waals surface area contributed by atoms with Crippen LogP contribution < -0.4 is 26.7 Å². The van der Waals surface area contributed by atoms with Crippen molar-refractivity contribution < 1.29 is 32.2 Å². The Kier molecular flexibility index (Phi) is 10.7. The molecule has 0 saturated carbocycles. The van der Waals surface area contributed by atoms with Crippen molar-refractivity contribution in [1.29, 1.82) is 0 Å². The summed E-state index contributed by atoms with van der Waals surface area (Å²) in [5.74, 6) is -1.57. The van der Waals surface area contributed by atoms with Crippen molar-refractivity contribution in [2.75, 3.05) is 48.4 Å². The summed E-state index contributed by atoms with van der Waals surface area (Å²) in [6.07, 6.45) is -0.893. The van der Waals surface area contributed by atoms with Gasteiger partial charge in [-0.3, -0.25) is 23.9 Å². The van der Waals surface area contributed by atoms with E-state index >= 15 is 4.39 Å². The number of fused-ring (bicyclic) bond motifs is 1. The molecule has 17 heteroatoms. The van der Waals surface area contributed by atoms with Crippen LogP contribution in [0.1, 0.15) is 31.9 Å². The van der Waals surface area contributed by atoms with Gasteiger partial charge in [-0.1, -0.05) is 39.5 Å². The first kappa shape index (κ1) is 40.3. The maximum Gasteiger partial charge on any atom is 0.409 e. The van der Waals surface area contributed by atoms with Crippen molar-refractivity contribution in [2.45, 2.75) is 51.1 Å². The Labute approximate surface area is 330 Å². The molecule has 1 atom stereocenters. The molecule has 5 aromatic rings. The van der Waals surface area contributed by atoms with Crippen molar-refractivity contribution in [2.24, 2.45) is 7.05 Å². The van der Waals surface area contributed by atoms with Crippen LogP contribution in [0.4, 0.5) is 40.4 Å². The smallest absolute Gasteiger partial charge is 0.392 e. The Morgan fingerprint density at radius 1 is 1.05 bits per heavy atom. The van der Waals surface area contributed by atoms with Crippen LogP contribution in [0.2, 0.25) is 0 Å². The van der Waals surface area contributed by atoms with Gasteiger partial charge in [-0.15, -0.1) is 0 Å². The van der Waals surface area contributed by atoms with Crippen molar-refractivity contribution >= 4 is 39.7 Å². The van der Waals surface area contributed by atoms with Crippen molar-refractivity contribution in [1.82, 2.24) is 24.0 Å². The summed E-state index contributed by atoms with van der Waals surface area (Å²) in [5, 5.41) is 16.0. The second kappa shape index (κ2) is 15.4. The molecule has 4 heterocycles. The second-order valence-electron chi connectivity index (χ2n) is 15.4. The van der Waals surface area contributed by atoms with Gasteiger partial charge in [-0.25, -0.2) is 14.4 Å². The molecule has 7 rings (SSSR count). The number of hydrogen-bond acceptors (Lipinski definition) is 10. The average molecular weight is 803 g/mol. The molecule has 13 nitrogen and oxygen atoms in total. The molecule has 304 valence electrons. The summed E-state index contributed by atoms with van der Waals surface area (Å²) in [6.45, 7) is 9.48. The number of alkyl halides is 3.